The summed E-state index contributed by atoms with van der Waals surface area (Å²) in [6.45, 7) is 1.91. The van der Waals surface area contributed by atoms with Crippen molar-refractivity contribution >= 4 is 23.0 Å². The summed E-state index contributed by atoms with van der Waals surface area (Å²) in [5, 5.41) is 0.752. The van der Waals surface area contributed by atoms with Gasteiger partial charge in [0.1, 0.15) is 17.9 Å². The molecule has 5 heteroatoms. The van der Waals surface area contributed by atoms with Crippen molar-refractivity contribution in [1.29, 1.82) is 0 Å². The van der Waals surface area contributed by atoms with Gasteiger partial charge in [0.05, 0.1) is 7.11 Å². The van der Waals surface area contributed by atoms with E-state index >= 15 is 0 Å². The second-order valence-corrected chi connectivity index (χ2v) is 5.80. The van der Waals surface area contributed by atoms with Gasteiger partial charge in [0.15, 0.2) is 0 Å². The maximum absolute atomic E-state index is 12.0. The van der Waals surface area contributed by atoms with Crippen LogP contribution in [0.25, 0.3) is 17.0 Å². The molecule has 0 atom stereocenters. The zero-order valence-corrected chi connectivity index (χ0v) is 14.5. The van der Waals surface area contributed by atoms with Crippen LogP contribution in [0.1, 0.15) is 16.7 Å². The van der Waals surface area contributed by atoms with Crippen LogP contribution in [-0.4, -0.2) is 13.1 Å². The fourth-order valence-electron chi connectivity index (χ4n) is 2.53. The van der Waals surface area contributed by atoms with Gasteiger partial charge in [-0.1, -0.05) is 24.3 Å². The quantitative estimate of drug-likeness (QED) is 0.397. The molecule has 132 valence electrons. The molecule has 0 amide bonds. The lowest BCUT2D eigenvalue weighted by Crippen LogP contribution is -2.05. The van der Waals surface area contributed by atoms with Crippen molar-refractivity contribution in [3.05, 3.63) is 81.7 Å². The van der Waals surface area contributed by atoms with Crippen LogP contribution in [0.5, 0.6) is 5.75 Å². The fourth-order valence-corrected chi connectivity index (χ4v) is 2.53. The summed E-state index contributed by atoms with van der Waals surface area (Å²) in [5.41, 5.74) is 2.46. The molecule has 2 aromatic carbocycles. The monoisotopic (exact) mass is 350 g/mol. The van der Waals surface area contributed by atoms with E-state index < -0.39 is 11.6 Å². The first-order chi connectivity index (χ1) is 12.5. The van der Waals surface area contributed by atoms with Gasteiger partial charge < -0.3 is 13.9 Å². The molecule has 1 heterocycles. The molecule has 0 N–H and O–H groups in total. The highest BCUT2D eigenvalue weighted by Gasteiger charge is 2.08. The molecule has 0 unspecified atom stereocenters. The highest BCUT2D eigenvalue weighted by atomic mass is 16.5. The fraction of sp³-hybridized carbons (Fsp3) is 0.143. The van der Waals surface area contributed by atoms with Crippen molar-refractivity contribution in [3.63, 3.8) is 0 Å². The van der Waals surface area contributed by atoms with Crippen molar-refractivity contribution in [2.75, 3.05) is 7.11 Å². The summed E-state index contributed by atoms with van der Waals surface area (Å²) in [7, 11) is 1.59. The van der Waals surface area contributed by atoms with E-state index in [1.54, 1.807) is 19.3 Å². The number of esters is 1. The van der Waals surface area contributed by atoms with Gasteiger partial charge >= 0.3 is 11.6 Å². The zero-order valence-electron chi connectivity index (χ0n) is 14.5. The van der Waals surface area contributed by atoms with Crippen LogP contribution in [0.2, 0.25) is 0 Å². The van der Waals surface area contributed by atoms with Gasteiger partial charge in [-0.05, 0) is 42.3 Å². The molecule has 0 bridgehead atoms. The molecule has 0 fully saturated rings. The van der Waals surface area contributed by atoms with E-state index in [0.29, 0.717) is 11.1 Å². The number of rotatable bonds is 5. The zero-order chi connectivity index (χ0) is 18.5. The van der Waals surface area contributed by atoms with Crippen molar-refractivity contribution in [3.8, 4) is 5.75 Å². The average molecular weight is 350 g/mol. The normalized spacial score (nSPS) is 11.0. The molecule has 0 aliphatic heterocycles. The Kier molecular flexibility index (Phi) is 5.17. The van der Waals surface area contributed by atoms with E-state index in [-0.39, 0.29) is 6.61 Å². The van der Waals surface area contributed by atoms with Crippen molar-refractivity contribution < 1.29 is 18.7 Å². The smallest absolute Gasteiger partial charge is 0.336 e. The lowest BCUT2D eigenvalue weighted by Gasteiger charge is -2.06. The molecule has 3 rings (SSSR count). The number of carbonyl (C=O) groups excluding carboxylic acids is 1. The van der Waals surface area contributed by atoms with E-state index in [4.69, 9.17) is 13.9 Å². The minimum Gasteiger partial charge on any atom is -0.497 e. The first-order valence-electron chi connectivity index (χ1n) is 8.07. The molecular formula is C21H18O5. The van der Waals surface area contributed by atoms with Gasteiger partial charge in [0.2, 0.25) is 0 Å². The summed E-state index contributed by atoms with van der Waals surface area (Å²) >= 11 is 0. The second-order valence-electron chi connectivity index (χ2n) is 5.80. The second kappa shape index (κ2) is 7.70. The number of ether oxygens (including phenoxy) is 2. The Balaban J connectivity index is 1.70. The van der Waals surface area contributed by atoms with E-state index in [2.05, 4.69) is 0 Å². The highest BCUT2D eigenvalue weighted by molar-refractivity contribution is 5.87. The maximum atomic E-state index is 12.0. The molecule has 0 aliphatic rings. The molecule has 1 aromatic heterocycles. The topological polar surface area (TPSA) is 65.7 Å². The molecule has 0 spiro atoms. The molecule has 0 saturated heterocycles. The van der Waals surface area contributed by atoms with Gasteiger partial charge in [-0.2, -0.15) is 0 Å². The highest BCUT2D eigenvalue weighted by Crippen LogP contribution is 2.19. The lowest BCUT2D eigenvalue weighted by atomic mass is 10.1. The van der Waals surface area contributed by atoms with E-state index in [1.165, 1.54) is 12.1 Å². The minimum absolute atomic E-state index is 0.00303. The largest absolute Gasteiger partial charge is 0.497 e. The number of hydrogen-bond acceptors (Lipinski definition) is 5. The number of fused-ring (bicyclic) bond motifs is 1. The number of aryl methyl sites for hydroxylation is 1. The summed E-state index contributed by atoms with van der Waals surface area (Å²) in [4.78, 5) is 23.6. The third-order valence-corrected chi connectivity index (χ3v) is 3.88. The third kappa shape index (κ3) is 4.19. The number of benzene rings is 2. The molecule has 0 radical (unpaired) electrons. The summed E-state index contributed by atoms with van der Waals surface area (Å²) < 4.78 is 15.5. The van der Waals surface area contributed by atoms with E-state index in [9.17, 15) is 9.59 Å². The maximum Gasteiger partial charge on any atom is 0.336 e. The number of carbonyl (C=O) groups is 1. The summed E-state index contributed by atoms with van der Waals surface area (Å²) in [6, 6.07) is 14.2. The first-order valence-corrected chi connectivity index (χ1v) is 8.07. The van der Waals surface area contributed by atoms with Crippen LogP contribution in [0.3, 0.4) is 0 Å². The standard InChI is InChI=1S/C21H18O5/c1-14-3-9-18-16(12-21(23)26-19(18)11-14)13-25-20(22)10-6-15-4-7-17(24-2)8-5-15/h3-12H,13H2,1-2H3/b10-6+. The summed E-state index contributed by atoms with van der Waals surface area (Å²) in [5.74, 6) is 0.254. The van der Waals surface area contributed by atoms with E-state index in [0.717, 1.165) is 22.3 Å². The third-order valence-electron chi connectivity index (χ3n) is 3.88. The number of hydrogen-bond donors (Lipinski definition) is 0. The molecular weight excluding hydrogens is 332 g/mol. The predicted octanol–water partition coefficient (Wildman–Crippen LogP) is 3.87. The van der Waals surface area contributed by atoms with Gasteiger partial charge in [-0.15, -0.1) is 0 Å². The minimum atomic E-state index is -0.491. The Morgan fingerprint density at radius 2 is 1.88 bits per heavy atom. The van der Waals surface area contributed by atoms with Crippen molar-refractivity contribution in [2.45, 2.75) is 13.5 Å². The lowest BCUT2D eigenvalue weighted by molar-refractivity contribution is -0.138. The predicted molar refractivity (Wildman–Crippen MR) is 99.0 cm³/mol. The van der Waals surface area contributed by atoms with Crippen LogP contribution >= 0.6 is 0 Å². The summed E-state index contributed by atoms with van der Waals surface area (Å²) in [6.07, 6.45) is 3.00. The molecule has 26 heavy (non-hydrogen) atoms. The van der Waals surface area contributed by atoms with Crippen LogP contribution in [0.15, 0.2) is 63.8 Å². The first kappa shape index (κ1) is 17.5. The Labute approximate surface area is 150 Å². The Bertz CT molecular complexity index is 1010. The van der Waals surface area contributed by atoms with Crippen LogP contribution in [0, 0.1) is 6.92 Å². The average Bonchev–Trinajstić information content (AvgIpc) is 2.64. The van der Waals surface area contributed by atoms with E-state index in [1.807, 2.05) is 43.3 Å². The van der Waals surface area contributed by atoms with Crippen LogP contribution < -0.4 is 10.4 Å². The van der Waals surface area contributed by atoms with Crippen molar-refractivity contribution in [2.24, 2.45) is 0 Å². The van der Waals surface area contributed by atoms with Gasteiger partial charge in [-0.25, -0.2) is 9.59 Å². The SMILES string of the molecule is COc1ccc(/C=C/C(=O)OCc2cc(=O)oc3cc(C)ccc23)cc1. The van der Waals surface area contributed by atoms with Crippen molar-refractivity contribution in [1.82, 2.24) is 0 Å². The molecule has 5 nitrogen and oxygen atoms in total. The van der Waals surface area contributed by atoms with Gasteiger partial charge in [-0.3, -0.25) is 0 Å². The number of methoxy groups -OCH3 is 1. The Hall–Kier alpha value is -3.34. The molecule has 0 aliphatic carbocycles. The Morgan fingerprint density at radius 1 is 1.12 bits per heavy atom. The van der Waals surface area contributed by atoms with Crippen LogP contribution in [-0.2, 0) is 16.1 Å². The molecule has 0 saturated carbocycles. The van der Waals surface area contributed by atoms with Crippen LogP contribution in [0.4, 0.5) is 0 Å². The van der Waals surface area contributed by atoms with Gasteiger partial charge in [0.25, 0.3) is 0 Å². The Morgan fingerprint density at radius 3 is 2.62 bits per heavy atom. The molecule has 3 aromatic rings. The van der Waals surface area contributed by atoms with Gasteiger partial charge in [0, 0.05) is 23.1 Å².